The Morgan fingerprint density at radius 2 is 2.00 bits per heavy atom. The third kappa shape index (κ3) is 2.12. The fraction of sp³-hybridized carbons (Fsp3) is 0.615. The lowest BCUT2D eigenvalue weighted by atomic mass is 9.94. The smallest absolute Gasteiger partial charge is 0.276 e. The summed E-state index contributed by atoms with van der Waals surface area (Å²) in [6, 6.07) is 2.89. The van der Waals surface area contributed by atoms with Crippen molar-refractivity contribution in [1.82, 2.24) is 4.31 Å². The van der Waals surface area contributed by atoms with E-state index >= 15 is 0 Å². The molecule has 1 aromatic rings. The number of rotatable bonds is 3. The second-order valence-electron chi connectivity index (χ2n) is 5.29. The topological polar surface area (TPSA) is 67.6 Å². The molecular formula is C13H17NO4S. The average Bonchev–Trinajstić information content (AvgIpc) is 3.06. The van der Waals surface area contributed by atoms with E-state index < -0.39 is 10.0 Å². The number of carbonyl (C=O) groups excluding carboxylic acids is 1. The van der Waals surface area contributed by atoms with Gasteiger partial charge in [-0.1, -0.05) is 6.42 Å². The van der Waals surface area contributed by atoms with Crippen LogP contribution < -0.4 is 0 Å². The van der Waals surface area contributed by atoms with Crippen molar-refractivity contribution in [2.45, 2.75) is 43.2 Å². The van der Waals surface area contributed by atoms with Crippen molar-refractivity contribution < 1.29 is 17.6 Å². The maximum atomic E-state index is 12.6. The van der Waals surface area contributed by atoms with Crippen molar-refractivity contribution in [3.63, 3.8) is 0 Å². The van der Waals surface area contributed by atoms with Gasteiger partial charge in [0.1, 0.15) is 0 Å². The van der Waals surface area contributed by atoms with Crippen LogP contribution in [0.3, 0.4) is 0 Å². The average molecular weight is 283 g/mol. The molecule has 2 atom stereocenters. The Labute approximate surface area is 112 Å². The summed E-state index contributed by atoms with van der Waals surface area (Å²) in [6.45, 7) is 0.556. The molecule has 19 heavy (non-hydrogen) atoms. The summed E-state index contributed by atoms with van der Waals surface area (Å²) in [5.41, 5.74) is 0. The first kappa shape index (κ1) is 12.9. The molecule has 1 aliphatic carbocycles. The van der Waals surface area contributed by atoms with Gasteiger partial charge in [-0.25, -0.2) is 8.42 Å². The molecule has 0 N–H and O–H groups in total. The molecule has 1 saturated carbocycles. The SMILES string of the molecule is O=Cc1ccc(S(=O)(=O)N2CCCC3CCCC32)o1. The second kappa shape index (κ2) is 4.76. The molecule has 0 aromatic carbocycles. The van der Waals surface area contributed by atoms with Gasteiger partial charge in [0.2, 0.25) is 5.09 Å². The zero-order valence-electron chi connectivity index (χ0n) is 10.6. The molecule has 2 aliphatic rings. The lowest BCUT2D eigenvalue weighted by molar-refractivity contribution is 0.109. The van der Waals surface area contributed by atoms with Gasteiger partial charge in [0.05, 0.1) is 0 Å². The third-order valence-electron chi connectivity index (χ3n) is 4.22. The van der Waals surface area contributed by atoms with Gasteiger partial charge in [-0.2, -0.15) is 4.31 Å². The molecule has 6 heteroatoms. The lowest BCUT2D eigenvalue weighted by Gasteiger charge is -2.35. The highest BCUT2D eigenvalue weighted by Gasteiger charge is 2.42. The van der Waals surface area contributed by atoms with Crippen molar-refractivity contribution in [3.8, 4) is 0 Å². The first-order valence-corrected chi connectivity index (χ1v) is 8.14. The van der Waals surface area contributed by atoms with Gasteiger partial charge in [-0.05, 0) is 43.7 Å². The Kier molecular flexibility index (Phi) is 3.22. The van der Waals surface area contributed by atoms with Gasteiger partial charge in [0.25, 0.3) is 10.0 Å². The Morgan fingerprint density at radius 3 is 2.74 bits per heavy atom. The molecule has 0 bridgehead atoms. The van der Waals surface area contributed by atoms with E-state index in [1.54, 1.807) is 4.31 Å². The summed E-state index contributed by atoms with van der Waals surface area (Å²) in [5.74, 6) is 0.544. The van der Waals surface area contributed by atoms with Gasteiger partial charge in [-0.3, -0.25) is 4.79 Å². The van der Waals surface area contributed by atoms with E-state index in [2.05, 4.69) is 0 Å². The summed E-state index contributed by atoms with van der Waals surface area (Å²) in [4.78, 5) is 10.6. The van der Waals surface area contributed by atoms with Gasteiger partial charge < -0.3 is 4.42 Å². The summed E-state index contributed by atoms with van der Waals surface area (Å²) >= 11 is 0. The molecule has 2 fully saturated rings. The highest BCUT2D eigenvalue weighted by atomic mass is 32.2. The van der Waals surface area contributed by atoms with Crippen LogP contribution in [0.5, 0.6) is 0 Å². The van der Waals surface area contributed by atoms with Crippen molar-refractivity contribution in [2.75, 3.05) is 6.54 Å². The fourth-order valence-corrected chi connectivity index (χ4v) is 5.03. The van der Waals surface area contributed by atoms with Gasteiger partial charge in [-0.15, -0.1) is 0 Å². The summed E-state index contributed by atoms with van der Waals surface area (Å²) in [6.07, 6.45) is 5.70. The molecular weight excluding hydrogens is 266 g/mol. The third-order valence-corrected chi connectivity index (χ3v) is 6.02. The highest BCUT2D eigenvalue weighted by molar-refractivity contribution is 7.89. The van der Waals surface area contributed by atoms with Crippen LogP contribution in [0, 0.1) is 5.92 Å². The molecule has 2 unspecified atom stereocenters. The van der Waals surface area contributed by atoms with Crippen LogP contribution in [-0.4, -0.2) is 31.6 Å². The molecule has 1 aliphatic heterocycles. The van der Waals surface area contributed by atoms with Crippen LogP contribution in [0.2, 0.25) is 0 Å². The van der Waals surface area contributed by atoms with Crippen molar-refractivity contribution in [3.05, 3.63) is 17.9 Å². The van der Waals surface area contributed by atoms with E-state index in [0.717, 1.165) is 32.1 Å². The van der Waals surface area contributed by atoms with Gasteiger partial charge in [0.15, 0.2) is 12.0 Å². The zero-order chi connectivity index (χ0) is 13.5. The first-order chi connectivity index (χ1) is 9.13. The number of piperidine rings is 1. The van der Waals surface area contributed by atoms with Crippen LogP contribution in [0.4, 0.5) is 0 Å². The molecule has 2 heterocycles. The van der Waals surface area contributed by atoms with Gasteiger partial charge >= 0.3 is 0 Å². The van der Waals surface area contributed by atoms with Crippen molar-refractivity contribution in [2.24, 2.45) is 5.92 Å². The molecule has 3 rings (SSSR count). The number of aldehydes is 1. The van der Waals surface area contributed by atoms with E-state index in [0.29, 0.717) is 18.7 Å². The maximum Gasteiger partial charge on any atom is 0.276 e. The van der Waals surface area contributed by atoms with Crippen LogP contribution in [0.15, 0.2) is 21.6 Å². The maximum absolute atomic E-state index is 12.6. The predicted octanol–water partition coefficient (Wildman–Crippen LogP) is 2.05. The molecule has 1 saturated heterocycles. The predicted molar refractivity (Wildman–Crippen MR) is 68.4 cm³/mol. The first-order valence-electron chi connectivity index (χ1n) is 6.70. The number of sulfonamides is 1. The molecule has 0 radical (unpaired) electrons. The van der Waals surface area contributed by atoms with Crippen molar-refractivity contribution in [1.29, 1.82) is 0 Å². The number of furan rings is 1. The van der Waals surface area contributed by atoms with Crippen LogP contribution in [0.1, 0.15) is 42.7 Å². The molecule has 104 valence electrons. The summed E-state index contributed by atoms with van der Waals surface area (Å²) in [7, 11) is -3.60. The number of hydrogen-bond acceptors (Lipinski definition) is 4. The second-order valence-corrected chi connectivity index (χ2v) is 7.11. The Balaban J connectivity index is 1.92. The zero-order valence-corrected chi connectivity index (χ0v) is 11.4. The Bertz CT molecular complexity index is 577. The number of nitrogens with zero attached hydrogens (tertiary/aromatic N) is 1. The van der Waals surface area contributed by atoms with Crippen molar-refractivity contribution >= 4 is 16.3 Å². The van der Waals surface area contributed by atoms with Crippen LogP contribution >= 0.6 is 0 Å². The van der Waals surface area contributed by atoms with E-state index in [1.165, 1.54) is 12.1 Å². The summed E-state index contributed by atoms with van der Waals surface area (Å²) < 4.78 is 31.8. The van der Waals surface area contributed by atoms with E-state index in [-0.39, 0.29) is 16.9 Å². The van der Waals surface area contributed by atoms with Crippen LogP contribution in [-0.2, 0) is 10.0 Å². The number of carbonyl (C=O) groups is 1. The van der Waals surface area contributed by atoms with Gasteiger partial charge in [0, 0.05) is 12.6 Å². The normalized spacial score (nSPS) is 28.2. The quantitative estimate of drug-likeness (QED) is 0.796. The van der Waals surface area contributed by atoms with E-state index in [9.17, 15) is 13.2 Å². The monoisotopic (exact) mass is 283 g/mol. The van der Waals surface area contributed by atoms with E-state index in [4.69, 9.17) is 4.42 Å². The summed E-state index contributed by atoms with van der Waals surface area (Å²) in [5, 5.41) is -0.109. The van der Waals surface area contributed by atoms with Crippen LogP contribution in [0.25, 0.3) is 0 Å². The standard InChI is InChI=1S/C13H17NO4S/c15-9-11-6-7-13(18-11)19(16,17)14-8-2-4-10-3-1-5-12(10)14/h6-7,9-10,12H,1-5,8H2. The Hall–Kier alpha value is -1.14. The lowest BCUT2D eigenvalue weighted by Crippen LogP contribution is -2.45. The minimum absolute atomic E-state index is 0.0542. The highest BCUT2D eigenvalue weighted by Crippen LogP contribution is 2.39. The molecule has 0 spiro atoms. The molecule has 5 nitrogen and oxygen atoms in total. The Morgan fingerprint density at radius 1 is 1.21 bits per heavy atom. The minimum atomic E-state index is -3.60. The number of fused-ring (bicyclic) bond motifs is 1. The molecule has 1 aromatic heterocycles. The fourth-order valence-electron chi connectivity index (χ4n) is 3.36. The largest absolute Gasteiger partial charge is 0.440 e. The number of hydrogen-bond donors (Lipinski definition) is 0. The van der Waals surface area contributed by atoms with E-state index in [1.807, 2.05) is 0 Å². The molecule has 0 amide bonds. The minimum Gasteiger partial charge on any atom is -0.440 e.